The summed E-state index contributed by atoms with van der Waals surface area (Å²) in [7, 11) is 0. The van der Waals surface area contributed by atoms with Crippen molar-refractivity contribution < 1.29 is 13.9 Å². The van der Waals surface area contributed by atoms with Gasteiger partial charge in [-0.3, -0.25) is 4.79 Å². The first kappa shape index (κ1) is 19.4. The maximum absolute atomic E-state index is 13.6. The summed E-state index contributed by atoms with van der Waals surface area (Å²) in [6.07, 6.45) is 0. The van der Waals surface area contributed by atoms with Crippen molar-refractivity contribution in [1.82, 2.24) is 0 Å². The van der Waals surface area contributed by atoms with E-state index in [0.717, 1.165) is 27.8 Å². The van der Waals surface area contributed by atoms with Crippen molar-refractivity contribution in [3.63, 3.8) is 0 Å². The Hall–Kier alpha value is -3.34. The van der Waals surface area contributed by atoms with Crippen molar-refractivity contribution >= 4 is 17.3 Å². The fourth-order valence-electron chi connectivity index (χ4n) is 3.23. The zero-order valence-electron chi connectivity index (χ0n) is 16.4. The molecule has 0 fully saturated rings. The molecule has 28 heavy (non-hydrogen) atoms. The van der Waals surface area contributed by atoms with Crippen LogP contribution in [0.4, 0.5) is 15.8 Å². The van der Waals surface area contributed by atoms with E-state index in [1.807, 2.05) is 45.0 Å². The van der Waals surface area contributed by atoms with E-state index in [4.69, 9.17) is 10.5 Å². The summed E-state index contributed by atoms with van der Waals surface area (Å²) >= 11 is 0. The first-order valence-electron chi connectivity index (χ1n) is 8.97. The number of carbonyl (C=O) groups is 1. The number of nitrogens with one attached hydrogen (secondary N) is 1. The lowest BCUT2D eigenvalue weighted by molar-refractivity contribution is -0.114. The van der Waals surface area contributed by atoms with Crippen LogP contribution in [-0.4, -0.2) is 5.91 Å². The Kier molecular flexibility index (Phi) is 5.36. The molecule has 3 aromatic rings. The van der Waals surface area contributed by atoms with Gasteiger partial charge in [0.1, 0.15) is 17.3 Å². The molecule has 0 saturated heterocycles. The number of nitrogen functional groups attached to an aromatic ring is 1. The van der Waals surface area contributed by atoms with E-state index in [2.05, 4.69) is 5.32 Å². The van der Waals surface area contributed by atoms with Gasteiger partial charge >= 0.3 is 0 Å². The number of anilines is 2. The summed E-state index contributed by atoms with van der Waals surface area (Å²) in [5.74, 6) is 0.408. The fourth-order valence-corrected chi connectivity index (χ4v) is 3.23. The summed E-state index contributed by atoms with van der Waals surface area (Å²) in [6, 6.07) is 13.6. The highest BCUT2D eigenvalue weighted by Gasteiger charge is 2.17. The van der Waals surface area contributed by atoms with E-state index in [-0.39, 0.29) is 11.7 Å². The number of amides is 1. The third-order valence-electron chi connectivity index (χ3n) is 4.43. The van der Waals surface area contributed by atoms with Crippen LogP contribution in [-0.2, 0) is 4.79 Å². The molecule has 144 valence electrons. The van der Waals surface area contributed by atoms with Gasteiger partial charge in [-0.25, -0.2) is 4.39 Å². The number of rotatable bonds is 4. The minimum atomic E-state index is -0.377. The second kappa shape index (κ2) is 7.72. The summed E-state index contributed by atoms with van der Waals surface area (Å²) in [5, 5.41) is 2.81. The Morgan fingerprint density at radius 1 is 1.00 bits per heavy atom. The van der Waals surface area contributed by atoms with E-state index < -0.39 is 0 Å². The monoisotopic (exact) mass is 378 g/mol. The number of halogens is 1. The molecule has 0 aliphatic carbocycles. The Balaban J connectivity index is 2.22. The lowest BCUT2D eigenvalue weighted by atomic mass is 9.95. The molecule has 0 unspecified atom stereocenters. The van der Waals surface area contributed by atoms with E-state index in [0.29, 0.717) is 22.9 Å². The molecule has 5 heteroatoms. The lowest BCUT2D eigenvalue weighted by Gasteiger charge is -2.19. The van der Waals surface area contributed by atoms with Crippen LogP contribution in [0.3, 0.4) is 0 Å². The van der Waals surface area contributed by atoms with Gasteiger partial charge in [-0.15, -0.1) is 0 Å². The second-order valence-corrected chi connectivity index (χ2v) is 6.95. The molecule has 0 aliphatic heterocycles. The molecule has 1 amide bonds. The standard InChI is InChI=1S/C23H23FN2O2/c1-13-8-14(2)22(25)20(9-13)21-12-18(26-16(4)27)10-15(3)23(21)28-19-7-5-6-17(24)11-19/h5-12H,25H2,1-4H3,(H,26,27). The topological polar surface area (TPSA) is 64.3 Å². The molecule has 0 spiro atoms. The smallest absolute Gasteiger partial charge is 0.221 e. The average molecular weight is 378 g/mol. The van der Waals surface area contributed by atoms with Gasteiger partial charge in [0.15, 0.2) is 0 Å². The first-order valence-corrected chi connectivity index (χ1v) is 8.97. The Labute approximate surface area is 164 Å². The Morgan fingerprint density at radius 2 is 1.75 bits per heavy atom. The van der Waals surface area contributed by atoms with Crippen LogP contribution >= 0.6 is 0 Å². The number of hydrogen-bond acceptors (Lipinski definition) is 3. The summed E-state index contributed by atoms with van der Waals surface area (Å²) < 4.78 is 19.7. The fraction of sp³-hybridized carbons (Fsp3) is 0.174. The largest absolute Gasteiger partial charge is 0.456 e. The summed E-state index contributed by atoms with van der Waals surface area (Å²) in [5.41, 5.74) is 12.0. The average Bonchev–Trinajstić information content (AvgIpc) is 2.60. The van der Waals surface area contributed by atoms with Crippen LogP contribution in [0.25, 0.3) is 11.1 Å². The Bertz CT molecular complexity index is 1060. The number of hydrogen-bond donors (Lipinski definition) is 2. The van der Waals surface area contributed by atoms with Crippen molar-refractivity contribution in [2.45, 2.75) is 27.7 Å². The first-order chi connectivity index (χ1) is 13.2. The number of aryl methyl sites for hydroxylation is 3. The van der Waals surface area contributed by atoms with Crippen molar-refractivity contribution in [2.24, 2.45) is 0 Å². The van der Waals surface area contributed by atoms with Gasteiger partial charge in [-0.05, 0) is 62.2 Å². The quantitative estimate of drug-likeness (QED) is 0.568. The van der Waals surface area contributed by atoms with Gasteiger partial charge in [0.25, 0.3) is 0 Å². The third kappa shape index (κ3) is 4.14. The molecule has 3 rings (SSSR count). The van der Waals surface area contributed by atoms with Crippen LogP contribution in [0.5, 0.6) is 11.5 Å². The van der Waals surface area contributed by atoms with E-state index in [1.54, 1.807) is 12.1 Å². The molecule has 0 heterocycles. The van der Waals surface area contributed by atoms with Gasteiger partial charge < -0.3 is 15.8 Å². The van der Waals surface area contributed by atoms with Crippen molar-refractivity contribution in [3.8, 4) is 22.6 Å². The maximum Gasteiger partial charge on any atom is 0.221 e. The lowest BCUT2D eigenvalue weighted by Crippen LogP contribution is -2.07. The molecular formula is C23H23FN2O2. The summed E-state index contributed by atoms with van der Waals surface area (Å²) in [4.78, 5) is 11.6. The highest BCUT2D eigenvalue weighted by molar-refractivity contribution is 5.92. The molecule has 0 radical (unpaired) electrons. The predicted octanol–water partition coefficient (Wildman–Crippen LogP) is 5.75. The molecule has 0 aliphatic rings. The van der Waals surface area contributed by atoms with Crippen LogP contribution in [0, 0.1) is 26.6 Å². The van der Waals surface area contributed by atoms with Crippen molar-refractivity contribution in [2.75, 3.05) is 11.1 Å². The number of ether oxygens (including phenoxy) is 1. The van der Waals surface area contributed by atoms with Gasteiger partial charge in [-0.1, -0.05) is 17.7 Å². The predicted molar refractivity (Wildman–Crippen MR) is 111 cm³/mol. The molecule has 3 N–H and O–H groups in total. The third-order valence-corrected chi connectivity index (χ3v) is 4.43. The zero-order valence-corrected chi connectivity index (χ0v) is 16.4. The molecule has 4 nitrogen and oxygen atoms in total. The molecule has 0 atom stereocenters. The molecule has 3 aromatic carbocycles. The van der Waals surface area contributed by atoms with Crippen LogP contribution in [0.15, 0.2) is 48.5 Å². The molecule has 0 saturated carbocycles. The van der Waals surface area contributed by atoms with Crippen LogP contribution in [0.2, 0.25) is 0 Å². The minimum Gasteiger partial charge on any atom is -0.456 e. The van der Waals surface area contributed by atoms with Crippen LogP contribution in [0.1, 0.15) is 23.6 Å². The Morgan fingerprint density at radius 3 is 2.43 bits per heavy atom. The highest BCUT2D eigenvalue weighted by atomic mass is 19.1. The van der Waals surface area contributed by atoms with E-state index in [1.165, 1.54) is 19.1 Å². The van der Waals surface area contributed by atoms with Crippen molar-refractivity contribution in [1.29, 1.82) is 0 Å². The van der Waals surface area contributed by atoms with Crippen LogP contribution < -0.4 is 15.8 Å². The van der Waals surface area contributed by atoms with Crippen molar-refractivity contribution in [3.05, 3.63) is 71.0 Å². The van der Waals surface area contributed by atoms with E-state index in [9.17, 15) is 9.18 Å². The highest BCUT2D eigenvalue weighted by Crippen LogP contribution is 2.42. The van der Waals surface area contributed by atoms with Gasteiger partial charge in [0.05, 0.1) is 0 Å². The van der Waals surface area contributed by atoms with Gasteiger partial charge in [-0.2, -0.15) is 0 Å². The molecule has 0 aromatic heterocycles. The van der Waals surface area contributed by atoms with Gasteiger partial charge in [0.2, 0.25) is 5.91 Å². The SMILES string of the molecule is CC(=O)Nc1cc(C)c(Oc2cccc(F)c2)c(-c2cc(C)cc(C)c2N)c1. The normalized spacial score (nSPS) is 10.6. The number of benzene rings is 3. The van der Waals surface area contributed by atoms with Gasteiger partial charge in [0, 0.05) is 35.5 Å². The zero-order chi connectivity index (χ0) is 20.4. The number of carbonyl (C=O) groups excluding carboxylic acids is 1. The summed E-state index contributed by atoms with van der Waals surface area (Å²) in [6.45, 7) is 7.27. The van der Waals surface area contributed by atoms with E-state index >= 15 is 0 Å². The number of nitrogens with two attached hydrogens (primary N) is 1. The molecule has 0 bridgehead atoms. The molecular weight excluding hydrogens is 355 g/mol. The second-order valence-electron chi connectivity index (χ2n) is 6.95. The maximum atomic E-state index is 13.6. The minimum absolute atomic E-state index is 0.169.